The molecule has 2 N–H and O–H groups in total. The number of aliphatic hydroxyl groups excluding tert-OH is 1. The molecule has 0 atom stereocenters. The number of aryl methyl sites for hydroxylation is 1. The van der Waals surface area contributed by atoms with Gasteiger partial charge in [-0.05, 0) is 12.1 Å². The first-order valence-corrected chi connectivity index (χ1v) is 6.08. The van der Waals surface area contributed by atoms with E-state index in [0.717, 1.165) is 21.4 Å². The fourth-order valence-electron chi connectivity index (χ4n) is 1.59. The molecule has 0 aliphatic rings. The molecule has 0 saturated heterocycles. The first-order valence-electron chi connectivity index (χ1n) is 5.29. The van der Waals surface area contributed by atoms with Gasteiger partial charge in [-0.1, -0.05) is 22.0 Å². The van der Waals surface area contributed by atoms with Crippen molar-refractivity contribution in [2.45, 2.75) is 13.2 Å². The van der Waals surface area contributed by atoms with E-state index in [9.17, 15) is 5.11 Å². The predicted octanol–water partition coefficient (Wildman–Crippen LogP) is 2.29. The van der Waals surface area contributed by atoms with Gasteiger partial charge in [0.25, 0.3) is 0 Å². The van der Waals surface area contributed by atoms with Crippen molar-refractivity contribution in [3.8, 4) is 0 Å². The van der Waals surface area contributed by atoms with Crippen LogP contribution in [0.2, 0.25) is 0 Å². The number of nitrogens with zero attached hydrogens (tertiary/aromatic N) is 2. The summed E-state index contributed by atoms with van der Waals surface area (Å²) in [4.78, 5) is 4.06. The molecular formula is C12H14BrN3O. The van der Waals surface area contributed by atoms with Crippen LogP contribution in [0.25, 0.3) is 0 Å². The van der Waals surface area contributed by atoms with Crippen LogP contribution in [0.1, 0.15) is 11.3 Å². The van der Waals surface area contributed by atoms with E-state index in [1.54, 1.807) is 6.33 Å². The number of aromatic nitrogens is 2. The van der Waals surface area contributed by atoms with Crippen LogP contribution >= 0.6 is 15.9 Å². The van der Waals surface area contributed by atoms with Gasteiger partial charge in [-0.25, -0.2) is 4.98 Å². The van der Waals surface area contributed by atoms with Crippen molar-refractivity contribution in [2.24, 2.45) is 7.05 Å². The number of hydrogen-bond donors (Lipinski definition) is 2. The highest BCUT2D eigenvalue weighted by molar-refractivity contribution is 9.10. The monoisotopic (exact) mass is 295 g/mol. The summed E-state index contributed by atoms with van der Waals surface area (Å²) in [7, 11) is 1.96. The summed E-state index contributed by atoms with van der Waals surface area (Å²) in [6.45, 7) is 0.709. The third-order valence-electron chi connectivity index (χ3n) is 2.62. The lowest BCUT2D eigenvalue weighted by atomic mass is 10.2. The van der Waals surface area contributed by atoms with Gasteiger partial charge in [0.2, 0.25) is 0 Å². The first kappa shape index (κ1) is 12.1. The van der Waals surface area contributed by atoms with Crippen LogP contribution in [0.3, 0.4) is 0 Å². The average molecular weight is 296 g/mol. The number of halogens is 1. The summed E-state index contributed by atoms with van der Waals surface area (Å²) in [5, 5.41) is 12.5. The topological polar surface area (TPSA) is 50.1 Å². The molecule has 0 spiro atoms. The van der Waals surface area contributed by atoms with Gasteiger partial charge in [-0.2, -0.15) is 0 Å². The molecule has 0 saturated carbocycles. The van der Waals surface area contributed by atoms with Crippen LogP contribution in [0.4, 0.5) is 5.69 Å². The van der Waals surface area contributed by atoms with Gasteiger partial charge in [0, 0.05) is 29.0 Å². The van der Waals surface area contributed by atoms with Gasteiger partial charge in [0.1, 0.15) is 0 Å². The lowest BCUT2D eigenvalue weighted by molar-refractivity contribution is 0.282. The molecule has 1 aromatic carbocycles. The molecule has 0 aliphatic carbocycles. The zero-order valence-corrected chi connectivity index (χ0v) is 11.1. The molecule has 90 valence electrons. The summed E-state index contributed by atoms with van der Waals surface area (Å²) in [5.41, 5.74) is 2.91. The summed E-state index contributed by atoms with van der Waals surface area (Å²) in [6.07, 6.45) is 3.59. The SMILES string of the molecule is Cn1cncc1CNc1cc(Br)ccc1CO. The van der Waals surface area contributed by atoms with Gasteiger partial charge in [-0.3, -0.25) is 0 Å². The molecule has 1 aromatic heterocycles. The number of anilines is 1. The number of benzene rings is 1. The Morgan fingerprint density at radius 3 is 2.94 bits per heavy atom. The fraction of sp³-hybridized carbons (Fsp3) is 0.250. The van der Waals surface area contributed by atoms with E-state index in [-0.39, 0.29) is 6.61 Å². The Morgan fingerprint density at radius 1 is 1.47 bits per heavy atom. The van der Waals surface area contributed by atoms with Crippen LogP contribution in [0.15, 0.2) is 35.2 Å². The molecule has 0 radical (unpaired) electrons. The van der Waals surface area contributed by atoms with E-state index in [1.165, 1.54) is 0 Å². The van der Waals surface area contributed by atoms with Crippen LogP contribution in [0, 0.1) is 0 Å². The Balaban J connectivity index is 2.13. The number of hydrogen-bond acceptors (Lipinski definition) is 3. The number of aliphatic hydroxyl groups is 1. The van der Waals surface area contributed by atoms with Crippen molar-refractivity contribution in [1.29, 1.82) is 0 Å². The molecule has 5 heteroatoms. The molecule has 2 aromatic rings. The largest absolute Gasteiger partial charge is 0.392 e. The van der Waals surface area contributed by atoms with Gasteiger partial charge in [0.15, 0.2) is 0 Å². The quantitative estimate of drug-likeness (QED) is 0.910. The second-order valence-electron chi connectivity index (χ2n) is 3.81. The minimum absolute atomic E-state index is 0.0288. The molecule has 2 rings (SSSR count). The van der Waals surface area contributed by atoms with E-state index in [4.69, 9.17) is 0 Å². The van der Waals surface area contributed by atoms with Crippen LogP contribution in [-0.2, 0) is 20.2 Å². The standard InChI is InChI=1S/C12H14BrN3O/c1-16-8-14-5-11(16)6-15-12-4-10(13)3-2-9(12)7-17/h2-5,8,15,17H,6-7H2,1H3. The minimum atomic E-state index is 0.0288. The molecule has 0 aliphatic heterocycles. The Hall–Kier alpha value is -1.33. The summed E-state index contributed by atoms with van der Waals surface area (Å²) < 4.78 is 2.95. The molecular weight excluding hydrogens is 282 g/mol. The Kier molecular flexibility index (Phi) is 3.81. The van der Waals surface area contributed by atoms with E-state index in [0.29, 0.717) is 6.54 Å². The Labute approximate surface area is 108 Å². The van der Waals surface area contributed by atoms with Crippen LogP contribution in [0.5, 0.6) is 0 Å². The molecule has 0 fully saturated rings. The second kappa shape index (κ2) is 5.33. The molecule has 17 heavy (non-hydrogen) atoms. The zero-order chi connectivity index (χ0) is 12.3. The van der Waals surface area contributed by atoms with Crippen molar-refractivity contribution in [2.75, 3.05) is 5.32 Å². The average Bonchev–Trinajstić information content (AvgIpc) is 2.72. The van der Waals surface area contributed by atoms with Gasteiger partial charge < -0.3 is 15.0 Å². The lowest BCUT2D eigenvalue weighted by Gasteiger charge is -2.11. The van der Waals surface area contributed by atoms with Crippen molar-refractivity contribution < 1.29 is 5.11 Å². The Morgan fingerprint density at radius 2 is 2.29 bits per heavy atom. The highest BCUT2D eigenvalue weighted by Crippen LogP contribution is 2.22. The molecule has 0 bridgehead atoms. The smallest absolute Gasteiger partial charge is 0.0946 e. The number of nitrogens with one attached hydrogen (secondary N) is 1. The number of imidazole rings is 1. The Bertz CT molecular complexity index is 510. The maximum Gasteiger partial charge on any atom is 0.0946 e. The van der Waals surface area contributed by atoms with Crippen LogP contribution in [-0.4, -0.2) is 14.7 Å². The fourth-order valence-corrected chi connectivity index (χ4v) is 1.95. The normalized spacial score (nSPS) is 10.5. The maximum absolute atomic E-state index is 9.25. The van der Waals surface area contributed by atoms with E-state index in [1.807, 2.05) is 36.0 Å². The highest BCUT2D eigenvalue weighted by Gasteiger charge is 2.03. The zero-order valence-electron chi connectivity index (χ0n) is 9.52. The molecule has 0 unspecified atom stereocenters. The summed E-state index contributed by atoms with van der Waals surface area (Å²) >= 11 is 3.42. The van der Waals surface area contributed by atoms with Crippen molar-refractivity contribution >= 4 is 21.6 Å². The van der Waals surface area contributed by atoms with Crippen LogP contribution < -0.4 is 5.32 Å². The second-order valence-corrected chi connectivity index (χ2v) is 4.72. The molecule has 1 heterocycles. The molecule has 4 nitrogen and oxygen atoms in total. The third-order valence-corrected chi connectivity index (χ3v) is 3.11. The van der Waals surface area contributed by atoms with Crippen molar-refractivity contribution in [1.82, 2.24) is 9.55 Å². The maximum atomic E-state index is 9.25. The first-order chi connectivity index (χ1) is 8.20. The predicted molar refractivity (Wildman–Crippen MR) is 70.6 cm³/mol. The lowest BCUT2D eigenvalue weighted by Crippen LogP contribution is -2.06. The minimum Gasteiger partial charge on any atom is -0.392 e. The van der Waals surface area contributed by atoms with Gasteiger partial charge >= 0.3 is 0 Å². The third kappa shape index (κ3) is 2.87. The van der Waals surface area contributed by atoms with Gasteiger partial charge in [-0.15, -0.1) is 0 Å². The van der Waals surface area contributed by atoms with E-state index >= 15 is 0 Å². The van der Waals surface area contributed by atoms with Gasteiger partial charge in [0.05, 0.1) is 25.2 Å². The van der Waals surface area contributed by atoms with Crippen molar-refractivity contribution in [3.63, 3.8) is 0 Å². The summed E-state index contributed by atoms with van der Waals surface area (Å²) in [6, 6.07) is 5.78. The summed E-state index contributed by atoms with van der Waals surface area (Å²) in [5.74, 6) is 0. The van der Waals surface area contributed by atoms with Crippen molar-refractivity contribution in [3.05, 3.63) is 46.5 Å². The molecule has 0 amide bonds. The number of rotatable bonds is 4. The van der Waals surface area contributed by atoms with E-state index in [2.05, 4.69) is 26.2 Å². The highest BCUT2D eigenvalue weighted by atomic mass is 79.9. The van der Waals surface area contributed by atoms with E-state index < -0.39 is 0 Å².